The average molecular weight is 623 g/mol. The van der Waals surface area contributed by atoms with E-state index >= 15 is 0 Å². The van der Waals surface area contributed by atoms with Crippen LogP contribution in [0.2, 0.25) is 0 Å². The molecule has 3 rings (SSSR count). The van der Waals surface area contributed by atoms with Crippen LogP contribution in [-0.4, -0.2) is 58.8 Å². The number of carbonyl (C=O) groups excluding carboxylic acids is 3. The van der Waals surface area contributed by atoms with Crippen molar-refractivity contribution in [2.24, 2.45) is 0 Å². The fraction of sp³-hybridized carbons (Fsp3) is 0.444. The van der Waals surface area contributed by atoms with Crippen molar-refractivity contribution < 1.29 is 55.3 Å². The van der Waals surface area contributed by atoms with Gasteiger partial charge in [0.25, 0.3) is 11.5 Å². The van der Waals surface area contributed by atoms with E-state index in [0.29, 0.717) is 29.0 Å². The molecule has 1 aliphatic rings. The highest BCUT2D eigenvalue weighted by atomic mass is 32.2. The first kappa shape index (κ1) is 33.0. The van der Waals surface area contributed by atoms with Gasteiger partial charge in [-0.2, -0.15) is 26.3 Å². The van der Waals surface area contributed by atoms with Gasteiger partial charge in [0.2, 0.25) is 0 Å². The highest BCUT2D eigenvalue weighted by Gasteiger charge is 2.71. The molecule has 0 bridgehead atoms. The first-order valence-corrected chi connectivity index (χ1v) is 13.4. The molecule has 0 radical (unpaired) electrons. The van der Waals surface area contributed by atoms with E-state index in [2.05, 4.69) is 10.1 Å². The number of aliphatic hydroxyl groups is 1. The number of hydrogen-bond donors (Lipinski definition) is 2. The molecule has 0 spiro atoms. The third-order valence-electron chi connectivity index (χ3n) is 6.13. The zero-order valence-corrected chi connectivity index (χ0v) is 23.7. The number of esters is 1. The van der Waals surface area contributed by atoms with Crippen molar-refractivity contribution in [3.8, 4) is 0 Å². The Morgan fingerprint density at radius 2 is 1.60 bits per heavy atom. The highest BCUT2D eigenvalue weighted by Crippen LogP contribution is 2.50. The van der Waals surface area contributed by atoms with Crippen molar-refractivity contribution in [3.05, 3.63) is 59.2 Å². The maximum atomic E-state index is 13.4. The Kier molecular flexibility index (Phi) is 9.47. The van der Waals surface area contributed by atoms with Crippen molar-refractivity contribution in [3.63, 3.8) is 0 Å². The smallest absolute Gasteiger partial charge is 0.430 e. The molecule has 230 valence electrons. The summed E-state index contributed by atoms with van der Waals surface area (Å²) in [5.41, 5.74) is -6.67. The SMILES string of the molecule is COC(=O)CCSc1ccc2c(c1)CN(C(=O)OC(C)(C)C)C2C(=O)Nc1ccc(C(O)(C(F)(F)F)C(F)(F)F)cc1. The van der Waals surface area contributed by atoms with E-state index in [-0.39, 0.29) is 24.6 Å². The normalized spacial score (nSPS) is 15.7. The molecule has 1 unspecified atom stereocenters. The summed E-state index contributed by atoms with van der Waals surface area (Å²) in [6.07, 6.45) is -12.8. The number of thioether (sulfide) groups is 1. The van der Waals surface area contributed by atoms with Gasteiger partial charge in [-0.1, -0.05) is 18.2 Å². The third-order valence-corrected chi connectivity index (χ3v) is 7.13. The number of ether oxygens (including phenoxy) is 2. The van der Waals surface area contributed by atoms with Crippen LogP contribution >= 0.6 is 11.8 Å². The third kappa shape index (κ3) is 7.12. The van der Waals surface area contributed by atoms with Crippen LogP contribution in [-0.2, 0) is 31.2 Å². The standard InChI is InChI=1S/C27H28F6N2O6S/c1-24(2,3)41-23(38)35-14-15-13-18(42-12-11-20(36)40-4)9-10-19(15)21(35)22(37)34-17-7-5-16(6-8-17)25(39,26(28,29)30)27(31,32)33/h5-10,13,21,39H,11-12,14H2,1-4H3,(H,34,37). The van der Waals surface area contributed by atoms with Crippen LogP contribution in [0.3, 0.4) is 0 Å². The quantitative estimate of drug-likeness (QED) is 0.219. The van der Waals surface area contributed by atoms with Gasteiger partial charge in [-0.25, -0.2) is 4.79 Å². The number of rotatable bonds is 7. The van der Waals surface area contributed by atoms with Crippen LogP contribution in [0.15, 0.2) is 47.4 Å². The summed E-state index contributed by atoms with van der Waals surface area (Å²) in [6.45, 7) is 4.86. The number of alkyl halides is 6. The molecule has 1 atom stereocenters. The van der Waals surface area contributed by atoms with Crippen molar-refractivity contribution in [2.45, 2.75) is 68.2 Å². The molecule has 1 aliphatic heterocycles. The molecular weight excluding hydrogens is 594 g/mol. The number of amides is 2. The zero-order valence-electron chi connectivity index (χ0n) is 22.9. The lowest BCUT2D eigenvalue weighted by molar-refractivity contribution is -0.376. The van der Waals surface area contributed by atoms with Gasteiger partial charge >= 0.3 is 24.4 Å². The van der Waals surface area contributed by atoms with Crippen molar-refractivity contribution in [1.82, 2.24) is 4.90 Å². The number of hydrogen-bond acceptors (Lipinski definition) is 7. The molecule has 2 amide bonds. The van der Waals surface area contributed by atoms with Crippen molar-refractivity contribution in [2.75, 3.05) is 18.2 Å². The average Bonchev–Trinajstić information content (AvgIpc) is 3.25. The lowest BCUT2D eigenvalue weighted by atomic mass is 9.92. The van der Waals surface area contributed by atoms with Gasteiger partial charge in [-0.3, -0.25) is 14.5 Å². The summed E-state index contributed by atoms with van der Waals surface area (Å²) in [6, 6.07) is 6.17. The first-order valence-electron chi connectivity index (χ1n) is 12.4. The molecule has 42 heavy (non-hydrogen) atoms. The van der Waals surface area contributed by atoms with E-state index < -0.39 is 47.2 Å². The van der Waals surface area contributed by atoms with E-state index in [1.54, 1.807) is 39.0 Å². The fourth-order valence-corrected chi connectivity index (χ4v) is 5.03. The number of methoxy groups -OCH3 is 1. The van der Waals surface area contributed by atoms with E-state index in [1.165, 1.54) is 18.9 Å². The minimum absolute atomic E-state index is 0.0309. The number of fused-ring (bicyclic) bond motifs is 1. The summed E-state index contributed by atoms with van der Waals surface area (Å²) < 4.78 is 89.4. The molecule has 2 aromatic rings. The molecule has 2 aromatic carbocycles. The minimum atomic E-state index is -6.06. The summed E-state index contributed by atoms with van der Waals surface area (Å²) in [4.78, 5) is 39.7. The second-order valence-corrected chi connectivity index (χ2v) is 11.5. The van der Waals surface area contributed by atoms with Crippen LogP contribution in [0.4, 0.5) is 36.8 Å². The van der Waals surface area contributed by atoms with Crippen LogP contribution in [0, 0.1) is 0 Å². The highest BCUT2D eigenvalue weighted by molar-refractivity contribution is 7.99. The van der Waals surface area contributed by atoms with Gasteiger partial charge in [0.05, 0.1) is 20.1 Å². The Hall–Kier alpha value is -3.46. The van der Waals surface area contributed by atoms with E-state index in [9.17, 15) is 45.8 Å². The predicted octanol–water partition coefficient (Wildman–Crippen LogP) is 6.08. The lowest BCUT2D eigenvalue weighted by Gasteiger charge is -2.32. The molecular formula is C27H28F6N2O6S. The first-order chi connectivity index (χ1) is 19.3. The second-order valence-electron chi connectivity index (χ2n) is 10.3. The largest absolute Gasteiger partial charge is 0.469 e. The molecule has 15 heteroatoms. The molecule has 2 N–H and O–H groups in total. The zero-order chi connectivity index (χ0) is 31.7. The van der Waals surface area contributed by atoms with Gasteiger partial charge in [0, 0.05) is 21.9 Å². The maximum absolute atomic E-state index is 13.4. The fourth-order valence-electron chi connectivity index (χ4n) is 4.14. The Labute approximate surface area is 241 Å². The lowest BCUT2D eigenvalue weighted by Crippen LogP contribution is -2.53. The van der Waals surface area contributed by atoms with Gasteiger partial charge < -0.3 is 19.9 Å². The molecule has 8 nitrogen and oxygen atoms in total. The Bertz CT molecular complexity index is 1310. The van der Waals surface area contributed by atoms with Gasteiger partial charge in [-0.05, 0) is 56.2 Å². The summed E-state index contributed by atoms with van der Waals surface area (Å²) in [5, 5.41) is 12.0. The van der Waals surface area contributed by atoms with E-state index in [4.69, 9.17) is 4.74 Å². The molecule has 0 aromatic heterocycles. The van der Waals surface area contributed by atoms with Gasteiger partial charge in [0.15, 0.2) is 0 Å². The molecule has 0 aliphatic carbocycles. The van der Waals surface area contributed by atoms with Gasteiger partial charge in [0.1, 0.15) is 11.6 Å². The van der Waals surface area contributed by atoms with Crippen molar-refractivity contribution >= 4 is 35.4 Å². The number of anilines is 1. The monoisotopic (exact) mass is 622 g/mol. The predicted molar refractivity (Wildman–Crippen MR) is 139 cm³/mol. The number of nitrogens with one attached hydrogen (secondary N) is 1. The van der Waals surface area contributed by atoms with Crippen LogP contribution in [0.5, 0.6) is 0 Å². The Morgan fingerprint density at radius 1 is 1.00 bits per heavy atom. The van der Waals surface area contributed by atoms with Gasteiger partial charge in [-0.15, -0.1) is 11.8 Å². The van der Waals surface area contributed by atoms with E-state index in [1.807, 2.05) is 0 Å². The maximum Gasteiger partial charge on any atom is 0.430 e. The van der Waals surface area contributed by atoms with Crippen LogP contribution in [0.25, 0.3) is 0 Å². The summed E-state index contributed by atoms with van der Waals surface area (Å²) >= 11 is 1.35. The Balaban J connectivity index is 1.89. The molecule has 0 fully saturated rings. The summed E-state index contributed by atoms with van der Waals surface area (Å²) in [5.74, 6) is -0.773. The van der Waals surface area contributed by atoms with Crippen LogP contribution in [0.1, 0.15) is 49.9 Å². The number of halogens is 6. The van der Waals surface area contributed by atoms with Crippen LogP contribution < -0.4 is 5.32 Å². The number of carbonyl (C=O) groups is 3. The van der Waals surface area contributed by atoms with E-state index in [0.717, 1.165) is 21.9 Å². The Morgan fingerprint density at radius 3 is 2.12 bits per heavy atom. The molecule has 0 saturated heterocycles. The second kappa shape index (κ2) is 12.0. The number of nitrogens with zero attached hydrogens (tertiary/aromatic N) is 1. The minimum Gasteiger partial charge on any atom is -0.469 e. The van der Waals surface area contributed by atoms with Crippen molar-refractivity contribution in [1.29, 1.82) is 0 Å². The molecule has 1 heterocycles. The topological polar surface area (TPSA) is 105 Å². The molecule has 0 saturated carbocycles. The summed E-state index contributed by atoms with van der Waals surface area (Å²) in [7, 11) is 1.28. The number of benzene rings is 2.